The molecule has 0 aromatic carbocycles. The second-order valence-electron chi connectivity index (χ2n) is 27.7. The summed E-state index contributed by atoms with van der Waals surface area (Å²) in [7, 11) is 0. The van der Waals surface area contributed by atoms with Crippen molar-refractivity contribution < 1.29 is 70.3 Å². The van der Waals surface area contributed by atoms with Crippen LogP contribution in [0.3, 0.4) is 0 Å². The molecular formula is C66H83BrCl3KN24O4S6. The molecule has 0 aliphatic carbocycles. The van der Waals surface area contributed by atoms with Crippen molar-refractivity contribution in [3.8, 4) is 0 Å². The largest absolute Gasteiger partial charge is 1.00 e. The number of nitrogens with two attached hydrogens (primary N) is 6. The summed E-state index contributed by atoms with van der Waals surface area (Å²) in [6, 6.07) is 7.78. The molecule has 10 aromatic rings. The van der Waals surface area contributed by atoms with Crippen molar-refractivity contribution >= 4 is 195 Å². The summed E-state index contributed by atoms with van der Waals surface area (Å²) in [5.41, 5.74) is 43.9. The first-order valence-electron chi connectivity index (χ1n) is 34.4. The minimum atomic E-state index is 0. The van der Waals surface area contributed by atoms with Gasteiger partial charge < -0.3 is 86.0 Å². The number of fused-ring (bicyclic) bond motifs is 4. The third kappa shape index (κ3) is 17.4. The SMILES string of the molecule is C[C@@H]1OCC2(CCN(c3ncc(Br)c4nsnc34)CC2)[C@@H]1N.C[C@@H]1OCC2(CCN(c3ncc(Sc4ccnc(N)c4Cl)c4nsnc34)CC2)[C@@H]1N.C[C@@H]1OCC2(CCN(c3nccc4nsnc34)CC2)[C@@H]1N.C[C@@H]1OCC2(CCNCC2)[C@@H]1N.Clc1nccc2nsnc12.Nc1nccc([S-])c1Cl.[K+]. The smallest absolute Gasteiger partial charge is 0.778 e. The number of nitrogens with zero attached hydrogens (tertiary/aromatic N) is 17. The summed E-state index contributed by atoms with van der Waals surface area (Å²) in [4.78, 5) is 34.6. The Morgan fingerprint density at radius 3 is 1.31 bits per heavy atom. The maximum absolute atomic E-state index is 6.46. The van der Waals surface area contributed by atoms with Crippen LogP contribution >= 0.6 is 109 Å². The van der Waals surface area contributed by atoms with E-state index in [9.17, 15) is 0 Å². The Labute approximate surface area is 701 Å². The number of aromatic nitrogens is 14. The molecule has 556 valence electrons. The molecule has 0 bridgehead atoms. The van der Waals surface area contributed by atoms with E-state index in [1.54, 1.807) is 24.5 Å². The molecule has 105 heavy (non-hydrogen) atoms. The van der Waals surface area contributed by atoms with Gasteiger partial charge in [-0.15, -0.1) is 0 Å². The topological polar surface area (TPSA) is 395 Å². The van der Waals surface area contributed by atoms with E-state index >= 15 is 0 Å². The minimum absolute atomic E-state index is 0. The van der Waals surface area contributed by atoms with E-state index in [1.807, 2.05) is 30.7 Å². The standard InChI is InChI=1S/C19H22ClN7OS2.C14H18BrN5OS.C14H19N5OS.C9H18N2O.C5H2ClN3S.C5H5ClN2S.K/c1-10-16(21)19(9-28-10)3-6-27(7-4-19)18-15-14(25-30-26-15)12(8-24-18)29-11-2-5-23-17(22)13(11)20;1-8-12(16)14(7-21-8)2-4-20(5-3-14)13-11-10(18-22-19-11)9(15)6-17-13;1-9-12(15)14(8-20-9)3-6-19(7-4-14)13-11-10(2-5-16-13)17-21-18-11;1-7-8(10)9(6-12-7)2-4-11-5-3-9;6-5-4-3(1-2-7-5)8-10-9-4;6-4-3(9)1-2-8-5(4)7;/h2,5,8,10,16H,3-4,6-7,9,21H2,1H3,(H2,22,23);6,8,12H,2-5,7,16H2,1H3;2,5,9,12H,3-4,6-8,15H2,1H3;7-8,11H,2-6,10H2,1H3;1-2H;1-2H,(H3,7,8,9);/q;;;;;;+1/p-1/t10-,16+;8-,12+;9-,12+;7-,8+;;;/m0000.../s1. The summed E-state index contributed by atoms with van der Waals surface area (Å²) in [5.74, 6) is 3.37. The van der Waals surface area contributed by atoms with Gasteiger partial charge in [0.05, 0.1) is 117 Å². The number of hydrogen-bond acceptors (Lipinski definition) is 34. The second-order valence-corrected chi connectivity index (χ2v) is 33.4. The van der Waals surface area contributed by atoms with E-state index < -0.39 is 0 Å². The van der Waals surface area contributed by atoms with Crippen LogP contribution < -0.4 is 106 Å². The number of piperidine rings is 4. The van der Waals surface area contributed by atoms with Crippen LogP contribution in [0.25, 0.3) is 44.1 Å². The van der Waals surface area contributed by atoms with Crippen molar-refractivity contribution in [2.75, 3.05) is 105 Å². The number of hydrogen-bond donors (Lipinski definition) is 7. The van der Waals surface area contributed by atoms with Crippen molar-refractivity contribution in [3.05, 3.63) is 81.1 Å². The fourth-order valence-electron chi connectivity index (χ4n) is 15.0. The summed E-state index contributed by atoms with van der Waals surface area (Å²) in [5, 5.41) is 4.59. The average Bonchev–Trinajstić information content (AvgIpc) is 1.65. The third-order valence-corrected chi connectivity index (χ3v) is 27.3. The Hall–Kier alpha value is -3.62. The van der Waals surface area contributed by atoms with Gasteiger partial charge in [0.15, 0.2) is 22.6 Å². The predicted octanol–water partition coefficient (Wildman–Crippen LogP) is 6.87. The molecule has 8 fully saturated rings. The van der Waals surface area contributed by atoms with Gasteiger partial charge in [0.25, 0.3) is 0 Å². The first-order chi connectivity index (χ1) is 50.1. The van der Waals surface area contributed by atoms with E-state index in [1.165, 1.54) is 66.0 Å². The number of rotatable bonds is 5. The number of pyridine rings is 6. The zero-order valence-corrected chi connectivity index (χ0v) is 70.6. The molecule has 18 heterocycles. The van der Waals surface area contributed by atoms with E-state index in [2.05, 4.69) is 124 Å². The maximum Gasteiger partial charge on any atom is 1.00 e. The molecule has 8 aliphatic heterocycles. The minimum Gasteiger partial charge on any atom is -0.778 e. The molecule has 18 rings (SSSR count). The van der Waals surface area contributed by atoms with Gasteiger partial charge in [-0.05, 0) is 126 Å². The molecule has 4 spiro atoms. The molecule has 28 nitrogen and oxygen atoms in total. The molecule has 0 saturated carbocycles. The van der Waals surface area contributed by atoms with Crippen molar-refractivity contribution in [3.63, 3.8) is 0 Å². The normalized spacial score (nSPS) is 24.7. The van der Waals surface area contributed by atoms with Gasteiger partial charge in [-0.25, -0.2) is 29.9 Å². The molecule has 13 N–H and O–H groups in total. The Kier molecular flexibility index (Phi) is 27.3. The van der Waals surface area contributed by atoms with Crippen LogP contribution in [0.2, 0.25) is 15.2 Å². The number of halogens is 4. The van der Waals surface area contributed by atoms with Crippen molar-refractivity contribution in [1.82, 2.24) is 70.2 Å². The van der Waals surface area contributed by atoms with E-state index in [-0.39, 0.29) is 116 Å². The maximum atomic E-state index is 6.46. The number of nitrogen functional groups attached to an aromatic ring is 2. The van der Waals surface area contributed by atoms with E-state index in [4.69, 9.17) is 106 Å². The summed E-state index contributed by atoms with van der Waals surface area (Å²) < 4.78 is 58.4. The van der Waals surface area contributed by atoms with Crippen LogP contribution in [0, 0.1) is 21.7 Å². The summed E-state index contributed by atoms with van der Waals surface area (Å²) in [6.07, 6.45) is 19.5. The van der Waals surface area contributed by atoms with Crippen LogP contribution in [0.5, 0.6) is 0 Å². The van der Waals surface area contributed by atoms with Crippen LogP contribution in [-0.4, -0.2) is 192 Å². The van der Waals surface area contributed by atoms with Crippen LogP contribution in [0.4, 0.5) is 29.1 Å². The summed E-state index contributed by atoms with van der Waals surface area (Å²) in [6.45, 7) is 19.2. The first-order valence-corrected chi connectivity index (χ1v) is 40.5. The zero-order valence-electron chi connectivity index (χ0n) is 58.7. The molecular weight excluding hydrogens is 1610 g/mol. The molecule has 0 unspecified atom stereocenters. The van der Waals surface area contributed by atoms with Gasteiger partial charge in [-0.1, -0.05) is 52.6 Å². The van der Waals surface area contributed by atoms with Crippen LogP contribution in [0.1, 0.15) is 79.1 Å². The summed E-state index contributed by atoms with van der Waals surface area (Å²) >= 11 is 32.1. The van der Waals surface area contributed by atoms with Gasteiger partial charge in [0.1, 0.15) is 55.8 Å². The monoisotopic (exact) mass is 1690 g/mol. The van der Waals surface area contributed by atoms with Gasteiger partial charge in [0.2, 0.25) is 0 Å². The Balaban J connectivity index is 0.000000124. The zero-order chi connectivity index (χ0) is 73.1. The van der Waals surface area contributed by atoms with Crippen molar-refractivity contribution in [2.45, 2.75) is 142 Å². The average molecular weight is 1690 g/mol. The third-order valence-electron chi connectivity index (χ3n) is 21.9. The number of nitrogens with one attached hydrogen (secondary N) is 1. The van der Waals surface area contributed by atoms with Crippen molar-refractivity contribution in [1.29, 1.82) is 0 Å². The molecule has 8 saturated heterocycles. The van der Waals surface area contributed by atoms with E-state index in [0.717, 1.165) is 199 Å². The van der Waals surface area contributed by atoms with Gasteiger partial charge in [-0.3, -0.25) is 0 Å². The fraction of sp³-hybridized carbons (Fsp3) is 0.545. The number of ether oxygens (including phenoxy) is 4. The molecule has 8 aliphatic rings. The molecule has 0 amide bonds. The molecule has 10 aromatic heterocycles. The van der Waals surface area contributed by atoms with Gasteiger partial charge >= 0.3 is 51.4 Å². The molecule has 8 atom stereocenters. The Bertz CT molecular complexity index is 4540. The molecule has 0 radical (unpaired) electrons. The first kappa shape index (κ1) is 80.9. The quantitative estimate of drug-likeness (QED) is 0.0525. The number of anilines is 5. The van der Waals surface area contributed by atoms with Crippen LogP contribution in [0.15, 0.2) is 80.6 Å². The Morgan fingerprint density at radius 2 is 0.848 bits per heavy atom. The predicted molar refractivity (Wildman–Crippen MR) is 420 cm³/mol. The fourth-order valence-corrected chi connectivity index (χ4v) is 19.4. The van der Waals surface area contributed by atoms with Gasteiger partial charge in [-0.2, -0.15) is 39.9 Å². The second kappa shape index (κ2) is 35.4. The van der Waals surface area contributed by atoms with Crippen molar-refractivity contribution in [2.24, 2.45) is 44.6 Å². The van der Waals surface area contributed by atoms with Crippen LogP contribution in [-0.2, 0) is 31.6 Å². The molecule has 39 heteroatoms. The van der Waals surface area contributed by atoms with E-state index in [0.29, 0.717) is 42.7 Å². The van der Waals surface area contributed by atoms with Gasteiger partial charge in [0, 0.05) is 127 Å². The Morgan fingerprint density at radius 1 is 0.467 bits per heavy atom.